The molecular weight excluding hydrogens is 238 g/mol. The molecule has 18 heavy (non-hydrogen) atoms. The summed E-state index contributed by atoms with van der Waals surface area (Å²) in [6.07, 6.45) is 6.81. The standard InChI is InChI=1S/C16H27NS/c1-4-13-10-11-18-16(13)15(17-5-2)14-8-6-12(3)7-9-14/h10-12,14-15,17H,4-9H2,1-3H3. The molecule has 1 saturated carbocycles. The van der Waals surface area contributed by atoms with Gasteiger partial charge in [0.05, 0.1) is 0 Å². The van der Waals surface area contributed by atoms with Crippen LogP contribution in [0.3, 0.4) is 0 Å². The Labute approximate surface area is 116 Å². The van der Waals surface area contributed by atoms with Crippen LogP contribution in [0.5, 0.6) is 0 Å². The van der Waals surface area contributed by atoms with Crippen molar-refractivity contribution in [3.8, 4) is 0 Å². The summed E-state index contributed by atoms with van der Waals surface area (Å²) in [6.45, 7) is 7.99. The van der Waals surface area contributed by atoms with E-state index in [1.54, 1.807) is 10.4 Å². The highest BCUT2D eigenvalue weighted by Crippen LogP contribution is 2.39. The Morgan fingerprint density at radius 2 is 2.00 bits per heavy atom. The van der Waals surface area contributed by atoms with Crippen LogP contribution in [0.1, 0.15) is 62.9 Å². The SMILES string of the molecule is CCNC(c1sccc1CC)C1CCC(C)CC1. The molecule has 1 aliphatic carbocycles. The van der Waals surface area contributed by atoms with E-state index in [1.807, 2.05) is 11.3 Å². The lowest BCUT2D eigenvalue weighted by Crippen LogP contribution is -2.30. The summed E-state index contributed by atoms with van der Waals surface area (Å²) in [5, 5.41) is 6.02. The Morgan fingerprint density at radius 1 is 1.28 bits per heavy atom. The van der Waals surface area contributed by atoms with Crippen LogP contribution in [0, 0.1) is 11.8 Å². The van der Waals surface area contributed by atoms with Crippen molar-refractivity contribution in [2.45, 2.75) is 58.9 Å². The average Bonchev–Trinajstić information content (AvgIpc) is 2.85. The van der Waals surface area contributed by atoms with Gasteiger partial charge < -0.3 is 5.32 Å². The summed E-state index contributed by atoms with van der Waals surface area (Å²) >= 11 is 1.95. The average molecular weight is 265 g/mol. The second-order valence-corrected chi connectivity index (χ2v) is 6.67. The fourth-order valence-electron chi connectivity index (χ4n) is 3.22. The fraction of sp³-hybridized carbons (Fsp3) is 0.750. The molecule has 0 radical (unpaired) electrons. The predicted octanol–water partition coefficient (Wildman–Crippen LogP) is 4.79. The third-order valence-electron chi connectivity index (χ3n) is 4.40. The van der Waals surface area contributed by atoms with Crippen LogP contribution in [0.15, 0.2) is 11.4 Å². The zero-order valence-corrected chi connectivity index (χ0v) is 12.9. The molecule has 0 amide bonds. The van der Waals surface area contributed by atoms with E-state index in [2.05, 4.69) is 37.5 Å². The van der Waals surface area contributed by atoms with E-state index in [0.717, 1.165) is 18.4 Å². The van der Waals surface area contributed by atoms with Gasteiger partial charge in [-0.05, 0) is 54.7 Å². The maximum Gasteiger partial charge on any atom is 0.0446 e. The van der Waals surface area contributed by atoms with E-state index >= 15 is 0 Å². The molecule has 102 valence electrons. The second-order valence-electron chi connectivity index (χ2n) is 5.72. The van der Waals surface area contributed by atoms with Crippen molar-refractivity contribution in [1.82, 2.24) is 5.32 Å². The lowest BCUT2D eigenvalue weighted by Gasteiger charge is -2.33. The van der Waals surface area contributed by atoms with Crippen LogP contribution < -0.4 is 5.32 Å². The van der Waals surface area contributed by atoms with Crippen LogP contribution in [0.2, 0.25) is 0 Å². The van der Waals surface area contributed by atoms with Gasteiger partial charge in [0.25, 0.3) is 0 Å². The Kier molecular flexibility index (Phi) is 5.25. The minimum Gasteiger partial charge on any atom is -0.309 e. The van der Waals surface area contributed by atoms with Crippen molar-refractivity contribution in [3.63, 3.8) is 0 Å². The molecule has 1 nitrogen and oxygen atoms in total. The molecule has 1 aromatic heterocycles. The van der Waals surface area contributed by atoms with Crippen LogP contribution in [0.4, 0.5) is 0 Å². The van der Waals surface area contributed by atoms with Gasteiger partial charge in [-0.2, -0.15) is 0 Å². The van der Waals surface area contributed by atoms with Crippen molar-refractivity contribution in [1.29, 1.82) is 0 Å². The zero-order chi connectivity index (χ0) is 13.0. The quantitative estimate of drug-likeness (QED) is 0.807. The van der Waals surface area contributed by atoms with Crippen LogP contribution in [0.25, 0.3) is 0 Å². The smallest absolute Gasteiger partial charge is 0.0446 e. The van der Waals surface area contributed by atoms with Crippen LogP contribution in [-0.2, 0) is 6.42 Å². The number of rotatable bonds is 5. The maximum atomic E-state index is 3.75. The first-order valence-corrected chi connectivity index (χ1v) is 8.43. The molecule has 1 aliphatic rings. The lowest BCUT2D eigenvalue weighted by molar-refractivity contribution is 0.234. The predicted molar refractivity (Wildman–Crippen MR) is 81.2 cm³/mol. The minimum atomic E-state index is 0.609. The van der Waals surface area contributed by atoms with Crippen molar-refractivity contribution >= 4 is 11.3 Å². The summed E-state index contributed by atoms with van der Waals surface area (Å²) in [7, 11) is 0. The van der Waals surface area contributed by atoms with Gasteiger partial charge >= 0.3 is 0 Å². The highest BCUT2D eigenvalue weighted by Gasteiger charge is 2.28. The highest BCUT2D eigenvalue weighted by atomic mass is 32.1. The fourth-order valence-corrected chi connectivity index (χ4v) is 4.39. The Morgan fingerprint density at radius 3 is 2.61 bits per heavy atom. The number of aryl methyl sites for hydroxylation is 1. The molecule has 1 atom stereocenters. The largest absolute Gasteiger partial charge is 0.309 e. The minimum absolute atomic E-state index is 0.609. The molecule has 0 aromatic carbocycles. The van der Waals surface area contributed by atoms with Gasteiger partial charge in [0.2, 0.25) is 0 Å². The van der Waals surface area contributed by atoms with Gasteiger partial charge in [-0.25, -0.2) is 0 Å². The molecule has 1 N–H and O–H groups in total. The van der Waals surface area contributed by atoms with Gasteiger partial charge in [0.15, 0.2) is 0 Å². The summed E-state index contributed by atoms with van der Waals surface area (Å²) in [5.74, 6) is 1.79. The van der Waals surface area contributed by atoms with Crippen molar-refractivity contribution < 1.29 is 0 Å². The Bertz CT molecular complexity index is 350. The van der Waals surface area contributed by atoms with E-state index in [-0.39, 0.29) is 0 Å². The molecule has 0 saturated heterocycles. The van der Waals surface area contributed by atoms with Crippen LogP contribution >= 0.6 is 11.3 Å². The third-order valence-corrected chi connectivity index (χ3v) is 5.44. The molecule has 1 unspecified atom stereocenters. The third kappa shape index (κ3) is 3.16. The molecule has 0 aliphatic heterocycles. The van der Waals surface area contributed by atoms with E-state index in [4.69, 9.17) is 0 Å². The van der Waals surface area contributed by atoms with Crippen LogP contribution in [-0.4, -0.2) is 6.54 Å². The second kappa shape index (κ2) is 6.72. The van der Waals surface area contributed by atoms with Gasteiger partial charge in [-0.15, -0.1) is 11.3 Å². The first-order valence-electron chi connectivity index (χ1n) is 7.55. The van der Waals surface area contributed by atoms with E-state index in [0.29, 0.717) is 6.04 Å². The van der Waals surface area contributed by atoms with Crippen molar-refractivity contribution in [2.24, 2.45) is 11.8 Å². The molecule has 0 bridgehead atoms. The van der Waals surface area contributed by atoms with Gasteiger partial charge in [0.1, 0.15) is 0 Å². The molecule has 0 spiro atoms. The lowest BCUT2D eigenvalue weighted by atomic mass is 9.78. The van der Waals surface area contributed by atoms with Gasteiger partial charge in [-0.1, -0.05) is 33.6 Å². The number of thiophene rings is 1. The number of hydrogen-bond donors (Lipinski definition) is 1. The normalized spacial score (nSPS) is 26.2. The Hall–Kier alpha value is -0.340. The maximum absolute atomic E-state index is 3.75. The first-order chi connectivity index (χ1) is 8.76. The summed E-state index contributed by atoms with van der Waals surface area (Å²) in [6, 6.07) is 2.92. The molecule has 1 heterocycles. The summed E-state index contributed by atoms with van der Waals surface area (Å²) < 4.78 is 0. The number of hydrogen-bond acceptors (Lipinski definition) is 2. The molecule has 2 heteroatoms. The monoisotopic (exact) mass is 265 g/mol. The first kappa shape index (κ1) is 14.1. The summed E-state index contributed by atoms with van der Waals surface area (Å²) in [4.78, 5) is 1.61. The van der Waals surface area contributed by atoms with E-state index < -0.39 is 0 Å². The van der Waals surface area contributed by atoms with Crippen molar-refractivity contribution in [2.75, 3.05) is 6.54 Å². The Balaban J connectivity index is 2.12. The number of nitrogens with one attached hydrogen (secondary N) is 1. The van der Waals surface area contributed by atoms with E-state index in [1.165, 1.54) is 32.1 Å². The van der Waals surface area contributed by atoms with Gasteiger partial charge in [0, 0.05) is 10.9 Å². The topological polar surface area (TPSA) is 12.0 Å². The zero-order valence-electron chi connectivity index (χ0n) is 12.0. The van der Waals surface area contributed by atoms with Crippen molar-refractivity contribution in [3.05, 3.63) is 21.9 Å². The highest BCUT2D eigenvalue weighted by molar-refractivity contribution is 7.10. The molecule has 1 aromatic rings. The van der Waals surface area contributed by atoms with Gasteiger partial charge in [-0.3, -0.25) is 0 Å². The molecular formula is C16H27NS. The molecule has 2 rings (SSSR count). The summed E-state index contributed by atoms with van der Waals surface area (Å²) in [5.41, 5.74) is 1.56. The molecule has 1 fully saturated rings. The van der Waals surface area contributed by atoms with E-state index in [9.17, 15) is 0 Å².